The molecule has 1 aromatic heterocycles. The first-order chi connectivity index (χ1) is 12.2. The Hall–Kier alpha value is -2.34. The molecule has 2 heterocycles. The van der Waals surface area contributed by atoms with Gasteiger partial charge in [-0.05, 0) is 50.4 Å². The monoisotopic (exact) mass is 341 g/mol. The maximum atomic E-state index is 12.1. The highest BCUT2D eigenvalue weighted by Gasteiger charge is 2.20. The van der Waals surface area contributed by atoms with E-state index in [0.29, 0.717) is 5.92 Å². The summed E-state index contributed by atoms with van der Waals surface area (Å²) in [5.74, 6) is 0.509. The molecular weight excluding hydrogens is 314 g/mol. The number of aryl methyl sites for hydroxylation is 1. The van der Waals surface area contributed by atoms with Gasteiger partial charge in [-0.25, -0.2) is 4.79 Å². The fraction of sp³-hybridized carbons (Fsp3) is 0.474. The third kappa shape index (κ3) is 5.60. The molecule has 2 amide bonds. The molecule has 6 nitrogen and oxygen atoms in total. The average Bonchev–Trinajstić information content (AvgIpc) is 3.14. The number of likely N-dealkylation sites (tertiary alicyclic amines) is 1. The Labute approximate surface area is 149 Å². The molecule has 1 fully saturated rings. The van der Waals surface area contributed by atoms with E-state index in [1.54, 1.807) is 0 Å². The van der Waals surface area contributed by atoms with Gasteiger partial charge in [0.25, 0.3) is 0 Å². The van der Waals surface area contributed by atoms with E-state index in [4.69, 9.17) is 0 Å². The highest BCUT2D eigenvalue weighted by atomic mass is 16.2. The van der Waals surface area contributed by atoms with Crippen LogP contribution in [0.2, 0.25) is 0 Å². The van der Waals surface area contributed by atoms with E-state index in [-0.39, 0.29) is 6.03 Å². The predicted molar refractivity (Wildman–Crippen MR) is 99.6 cm³/mol. The Kier molecular flexibility index (Phi) is 6.06. The van der Waals surface area contributed by atoms with Crippen LogP contribution in [0.5, 0.6) is 0 Å². The lowest BCUT2D eigenvalue weighted by atomic mass is 9.98. The van der Waals surface area contributed by atoms with Gasteiger partial charge in [0.05, 0.1) is 6.54 Å². The van der Waals surface area contributed by atoms with E-state index >= 15 is 0 Å². The molecule has 2 aromatic rings. The number of aromatic nitrogens is 2. The lowest BCUT2D eigenvalue weighted by Gasteiger charge is -2.32. The number of amides is 2. The maximum Gasteiger partial charge on any atom is 0.319 e. The van der Waals surface area contributed by atoms with E-state index < -0.39 is 0 Å². The number of nitrogens with zero attached hydrogens (tertiary/aromatic N) is 3. The summed E-state index contributed by atoms with van der Waals surface area (Å²) in [5.41, 5.74) is 2.01. The highest BCUT2D eigenvalue weighted by molar-refractivity contribution is 5.89. The van der Waals surface area contributed by atoms with Gasteiger partial charge in [0.2, 0.25) is 0 Å². The molecule has 2 N–H and O–H groups in total. The Morgan fingerprint density at radius 3 is 2.88 bits per heavy atom. The zero-order chi connectivity index (χ0) is 17.5. The van der Waals surface area contributed by atoms with Gasteiger partial charge in [-0.1, -0.05) is 17.7 Å². The van der Waals surface area contributed by atoms with Crippen molar-refractivity contribution in [2.45, 2.75) is 26.3 Å². The minimum atomic E-state index is -0.127. The molecule has 0 radical (unpaired) electrons. The molecule has 1 saturated heterocycles. The highest BCUT2D eigenvalue weighted by Crippen LogP contribution is 2.16. The molecule has 6 heteroatoms. The van der Waals surface area contributed by atoms with Crippen LogP contribution in [-0.2, 0) is 6.54 Å². The van der Waals surface area contributed by atoms with Crippen molar-refractivity contribution in [1.82, 2.24) is 20.0 Å². The van der Waals surface area contributed by atoms with Crippen molar-refractivity contribution in [3.63, 3.8) is 0 Å². The topological polar surface area (TPSA) is 62.2 Å². The molecule has 25 heavy (non-hydrogen) atoms. The first-order valence-corrected chi connectivity index (χ1v) is 9.00. The Morgan fingerprint density at radius 2 is 2.12 bits per heavy atom. The number of hydrogen-bond acceptors (Lipinski definition) is 3. The Bertz CT molecular complexity index is 653. The summed E-state index contributed by atoms with van der Waals surface area (Å²) < 4.78 is 1.97. The van der Waals surface area contributed by atoms with Crippen LogP contribution in [0.25, 0.3) is 0 Å². The van der Waals surface area contributed by atoms with E-state index in [1.807, 2.05) is 54.3 Å². The smallest absolute Gasteiger partial charge is 0.319 e. The van der Waals surface area contributed by atoms with E-state index in [2.05, 4.69) is 20.6 Å². The fourth-order valence-electron chi connectivity index (χ4n) is 3.25. The van der Waals surface area contributed by atoms with Crippen LogP contribution in [0.1, 0.15) is 18.4 Å². The van der Waals surface area contributed by atoms with Gasteiger partial charge in [-0.2, -0.15) is 5.10 Å². The molecule has 0 spiro atoms. The summed E-state index contributed by atoms with van der Waals surface area (Å²) >= 11 is 0. The molecular formula is C19H27N5O. The first kappa shape index (κ1) is 17.5. The van der Waals surface area contributed by atoms with Crippen LogP contribution < -0.4 is 10.6 Å². The normalized spacial score (nSPS) is 18.0. The summed E-state index contributed by atoms with van der Waals surface area (Å²) in [5, 5.41) is 10.1. The van der Waals surface area contributed by atoms with Crippen molar-refractivity contribution in [3.8, 4) is 0 Å². The van der Waals surface area contributed by atoms with Crippen LogP contribution in [0.3, 0.4) is 0 Å². The van der Waals surface area contributed by atoms with Gasteiger partial charge in [-0.15, -0.1) is 0 Å². The lowest BCUT2D eigenvalue weighted by Crippen LogP contribution is -2.42. The minimum absolute atomic E-state index is 0.127. The molecule has 3 rings (SSSR count). The quantitative estimate of drug-likeness (QED) is 0.849. The van der Waals surface area contributed by atoms with Gasteiger partial charge in [0.15, 0.2) is 0 Å². The molecule has 1 unspecified atom stereocenters. The number of carbonyl (C=O) groups is 1. The van der Waals surface area contributed by atoms with Gasteiger partial charge >= 0.3 is 6.03 Å². The second-order valence-electron chi connectivity index (χ2n) is 6.78. The summed E-state index contributed by atoms with van der Waals surface area (Å²) in [6.07, 6.45) is 6.17. The molecule has 0 saturated carbocycles. The summed E-state index contributed by atoms with van der Waals surface area (Å²) in [6, 6.07) is 9.66. The summed E-state index contributed by atoms with van der Waals surface area (Å²) in [6.45, 7) is 6.84. The molecule has 0 bridgehead atoms. The molecule has 1 atom stereocenters. The number of carbonyl (C=O) groups excluding carboxylic acids is 1. The number of rotatable bonds is 6. The molecule has 1 aliphatic rings. The SMILES string of the molecule is Cc1ccc(NC(=O)NCC2CCCN(CCn3cccn3)C2)cc1. The second-order valence-corrected chi connectivity index (χ2v) is 6.78. The molecule has 0 aliphatic carbocycles. The zero-order valence-corrected chi connectivity index (χ0v) is 14.8. The van der Waals surface area contributed by atoms with Crippen molar-refractivity contribution in [1.29, 1.82) is 0 Å². The summed E-state index contributed by atoms with van der Waals surface area (Å²) in [7, 11) is 0. The zero-order valence-electron chi connectivity index (χ0n) is 14.8. The number of urea groups is 1. The van der Waals surface area contributed by atoms with E-state index in [1.165, 1.54) is 18.4 Å². The van der Waals surface area contributed by atoms with Crippen LogP contribution >= 0.6 is 0 Å². The fourth-order valence-corrected chi connectivity index (χ4v) is 3.25. The molecule has 1 aliphatic heterocycles. The van der Waals surface area contributed by atoms with E-state index in [9.17, 15) is 4.79 Å². The number of nitrogens with one attached hydrogen (secondary N) is 2. The standard InChI is InChI=1S/C19H27N5O/c1-16-5-7-18(8-6-16)22-19(25)20-14-17-4-2-10-23(15-17)12-13-24-11-3-9-21-24/h3,5-9,11,17H,2,4,10,12-15H2,1H3,(H2,20,22,25). The number of benzene rings is 1. The average molecular weight is 341 g/mol. The van der Waals surface area contributed by atoms with Crippen molar-refractivity contribution in [2.24, 2.45) is 5.92 Å². The number of piperidine rings is 1. The lowest BCUT2D eigenvalue weighted by molar-refractivity contribution is 0.166. The number of anilines is 1. The van der Waals surface area contributed by atoms with Gasteiger partial charge in [0.1, 0.15) is 0 Å². The first-order valence-electron chi connectivity index (χ1n) is 9.00. The third-order valence-corrected chi connectivity index (χ3v) is 4.67. The molecule has 1 aromatic carbocycles. The Balaban J connectivity index is 1.38. The third-order valence-electron chi connectivity index (χ3n) is 4.67. The molecule has 134 valence electrons. The van der Waals surface area contributed by atoms with E-state index in [0.717, 1.165) is 38.4 Å². The Morgan fingerprint density at radius 1 is 1.28 bits per heavy atom. The van der Waals surface area contributed by atoms with Gasteiger partial charge in [0, 0.05) is 37.7 Å². The van der Waals surface area contributed by atoms with Gasteiger partial charge < -0.3 is 15.5 Å². The predicted octanol–water partition coefficient (Wildman–Crippen LogP) is 2.73. The van der Waals surface area contributed by atoms with Crippen LogP contribution in [0, 0.1) is 12.8 Å². The van der Waals surface area contributed by atoms with Crippen molar-refractivity contribution in [3.05, 3.63) is 48.3 Å². The minimum Gasteiger partial charge on any atom is -0.338 e. The van der Waals surface area contributed by atoms with Gasteiger partial charge in [-0.3, -0.25) is 4.68 Å². The maximum absolute atomic E-state index is 12.1. The van der Waals surface area contributed by atoms with Crippen LogP contribution in [0.15, 0.2) is 42.7 Å². The second kappa shape index (κ2) is 8.67. The van der Waals surface area contributed by atoms with Crippen molar-refractivity contribution in [2.75, 3.05) is 31.5 Å². The van der Waals surface area contributed by atoms with Crippen molar-refractivity contribution >= 4 is 11.7 Å². The largest absolute Gasteiger partial charge is 0.338 e. The van der Waals surface area contributed by atoms with Crippen LogP contribution in [0.4, 0.5) is 10.5 Å². The van der Waals surface area contributed by atoms with Crippen molar-refractivity contribution < 1.29 is 4.79 Å². The summed E-state index contributed by atoms with van der Waals surface area (Å²) in [4.78, 5) is 14.5. The number of hydrogen-bond donors (Lipinski definition) is 2. The van der Waals surface area contributed by atoms with Crippen LogP contribution in [-0.4, -0.2) is 46.9 Å².